The van der Waals surface area contributed by atoms with E-state index in [1.807, 2.05) is 24.3 Å². The minimum atomic E-state index is -1.23. The van der Waals surface area contributed by atoms with Gasteiger partial charge in [0, 0.05) is 18.6 Å². The van der Waals surface area contributed by atoms with Crippen LogP contribution >= 0.6 is 0 Å². The lowest BCUT2D eigenvalue weighted by Gasteiger charge is -2.36. The van der Waals surface area contributed by atoms with Gasteiger partial charge in [-0.2, -0.15) is 0 Å². The van der Waals surface area contributed by atoms with Crippen LogP contribution in [0.15, 0.2) is 42.5 Å². The fraction of sp³-hybridized carbons (Fsp3) is 0.462. The Hall–Kier alpha value is -3.06. The molecule has 0 saturated heterocycles. The van der Waals surface area contributed by atoms with Gasteiger partial charge in [0.05, 0.1) is 13.7 Å². The monoisotopic (exact) mass is 455 g/mol. The number of carboxylic acid groups (broad SMARTS) is 1. The molecule has 1 fully saturated rings. The number of aliphatic hydroxyl groups is 1. The Balaban J connectivity index is 1.69. The third kappa shape index (κ3) is 6.26. The van der Waals surface area contributed by atoms with Gasteiger partial charge in [0.15, 0.2) is 11.5 Å². The third-order valence-corrected chi connectivity index (χ3v) is 6.36. The van der Waals surface area contributed by atoms with Gasteiger partial charge in [0.25, 0.3) is 5.91 Å². The second kappa shape index (κ2) is 11.2. The summed E-state index contributed by atoms with van der Waals surface area (Å²) in [4.78, 5) is 24.9. The molecule has 1 saturated carbocycles. The molecule has 3 N–H and O–H groups in total. The molecule has 0 atom stereocenters. The van der Waals surface area contributed by atoms with E-state index in [1.54, 1.807) is 18.2 Å². The van der Waals surface area contributed by atoms with Crippen LogP contribution in [0.3, 0.4) is 0 Å². The van der Waals surface area contributed by atoms with E-state index in [9.17, 15) is 14.7 Å². The Morgan fingerprint density at radius 2 is 1.76 bits per heavy atom. The maximum absolute atomic E-state index is 13.0. The maximum Gasteiger partial charge on any atom is 0.329 e. The molecule has 33 heavy (non-hydrogen) atoms. The molecule has 0 radical (unpaired) electrons. The van der Waals surface area contributed by atoms with Crippen LogP contribution < -0.4 is 14.8 Å². The Labute approximate surface area is 194 Å². The van der Waals surface area contributed by atoms with Gasteiger partial charge in [-0.15, -0.1) is 0 Å². The first-order chi connectivity index (χ1) is 15.9. The van der Waals surface area contributed by atoms with E-state index < -0.39 is 17.4 Å². The summed E-state index contributed by atoms with van der Waals surface area (Å²) in [6.07, 6.45) is 3.63. The number of carboxylic acids is 1. The highest BCUT2D eigenvalue weighted by molar-refractivity contribution is 5.98. The van der Waals surface area contributed by atoms with Crippen molar-refractivity contribution >= 4 is 11.9 Å². The molecule has 3 rings (SSSR count). The van der Waals surface area contributed by atoms with E-state index in [0.717, 1.165) is 24.0 Å². The average molecular weight is 456 g/mol. The minimum Gasteiger partial charge on any atom is -0.493 e. The van der Waals surface area contributed by atoms with Gasteiger partial charge < -0.3 is 25.0 Å². The molecule has 178 valence electrons. The summed E-state index contributed by atoms with van der Waals surface area (Å²) in [5, 5.41) is 21.7. The smallest absolute Gasteiger partial charge is 0.329 e. The summed E-state index contributed by atoms with van der Waals surface area (Å²) in [6, 6.07) is 12.8. The number of aliphatic hydroxyl groups excluding tert-OH is 1. The first-order valence-electron chi connectivity index (χ1n) is 11.4. The van der Waals surface area contributed by atoms with E-state index in [-0.39, 0.29) is 6.61 Å². The van der Waals surface area contributed by atoms with Crippen LogP contribution in [0.4, 0.5) is 0 Å². The Bertz CT molecular complexity index is 965. The van der Waals surface area contributed by atoms with E-state index in [2.05, 4.69) is 12.2 Å². The zero-order valence-electron chi connectivity index (χ0n) is 19.3. The number of carbonyl (C=O) groups is 2. The normalized spacial score (nSPS) is 20.2. The van der Waals surface area contributed by atoms with Crippen molar-refractivity contribution in [3.63, 3.8) is 0 Å². The van der Waals surface area contributed by atoms with Gasteiger partial charge in [-0.1, -0.05) is 31.2 Å². The average Bonchev–Trinajstić information content (AvgIpc) is 2.81. The lowest BCUT2D eigenvalue weighted by molar-refractivity contribution is -0.146. The summed E-state index contributed by atoms with van der Waals surface area (Å²) in [5.74, 6) is -0.0367. The summed E-state index contributed by atoms with van der Waals surface area (Å²) < 4.78 is 11.3. The van der Waals surface area contributed by atoms with Crippen molar-refractivity contribution < 1.29 is 29.3 Å². The highest BCUT2D eigenvalue weighted by Crippen LogP contribution is 2.33. The van der Waals surface area contributed by atoms with E-state index in [1.165, 1.54) is 7.11 Å². The molecular weight excluding hydrogens is 422 g/mol. The van der Waals surface area contributed by atoms with E-state index in [0.29, 0.717) is 55.3 Å². The van der Waals surface area contributed by atoms with Gasteiger partial charge in [0.2, 0.25) is 0 Å². The highest BCUT2D eigenvalue weighted by atomic mass is 16.5. The minimum absolute atomic E-state index is 0.105. The summed E-state index contributed by atoms with van der Waals surface area (Å²) in [5.41, 5.74) is 1.25. The molecule has 0 aromatic heterocycles. The van der Waals surface area contributed by atoms with Gasteiger partial charge in [0.1, 0.15) is 5.54 Å². The second-order valence-corrected chi connectivity index (χ2v) is 8.78. The number of carbonyl (C=O) groups excluding carboxylic acids is 1. The molecule has 1 amide bonds. The quantitative estimate of drug-likeness (QED) is 0.505. The summed E-state index contributed by atoms with van der Waals surface area (Å²) >= 11 is 0. The molecular formula is C26H33NO6. The number of rotatable bonds is 10. The number of hydrogen-bond acceptors (Lipinski definition) is 5. The Morgan fingerprint density at radius 1 is 1.06 bits per heavy atom. The number of benzene rings is 2. The van der Waals surface area contributed by atoms with Gasteiger partial charge in [-0.3, -0.25) is 4.79 Å². The number of methoxy groups -OCH3 is 1. The molecule has 0 aliphatic heterocycles. The Kier molecular flexibility index (Phi) is 8.33. The van der Waals surface area contributed by atoms with Crippen molar-refractivity contribution in [2.75, 3.05) is 20.3 Å². The molecule has 7 nitrogen and oxygen atoms in total. The fourth-order valence-corrected chi connectivity index (χ4v) is 4.22. The lowest BCUT2D eigenvalue weighted by Crippen LogP contribution is -2.56. The predicted molar refractivity (Wildman–Crippen MR) is 125 cm³/mol. The fourth-order valence-electron chi connectivity index (χ4n) is 4.22. The molecule has 7 heteroatoms. The summed E-state index contributed by atoms with van der Waals surface area (Å²) in [7, 11) is 1.53. The van der Waals surface area contributed by atoms with Crippen molar-refractivity contribution in [3.05, 3.63) is 59.2 Å². The van der Waals surface area contributed by atoms with Crippen molar-refractivity contribution in [1.29, 1.82) is 0 Å². The van der Waals surface area contributed by atoms with Crippen LogP contribution in [-0.4, -0.2) is 48.0 Å². The van der Waals surface area contributed by atoms with Crippen LogP contribution in [0.2, 0.25) is 0 Å². The van der Waals surface area contributed by atoms with Crippen LogP contribution in [0, 0.1) is 5.92 Å². The lowest BCUT2D eigenvalue weighted by atomic mass is 9.77. The van der Waals surface area contributed by atoms with Crippen molar-refractivity contribution in [1.82, 2.24) is 5.32 Å². The predicted octanol–water partition coefficient (Wildman–Crippen LogP) is 3.61. The molecule has 0 heterocycles. The van der Waals surface area contributed by atoms with Gasteiger partial charge in [-0.25, -0.2) is 4.79 Å². The molecule has 1 aliphatic rings. The highest BCUT2D eigenvalue weighted by Gasteiger charge is 2.42. The molecule has 0 spiro atoms. The molecule has 0 unspecified atom stereocenters. The zero-order valence-corrected chi connectivity index (χ0v) is 19.3. The van der Waals surface area contributed by atoms with Crippen molar-refractivity contribution in [2.45, 2.75) is 51.0 Å². The zero-order chi connectivity index (χ0) is 23.8. The maximum atomic E-state index is 13.0. The molecule has 1 aliphatic carbocycles. The van der Waals surface area contributed by atoms with E-state index >= 15 is 0 Å². The topological polar surface area (TPSA) is 105 Å². The van der Waals surface area contributed by atoms with Crippen LogP contribution in [0.25, 0.3) is 0 Å². The standard InChI is InChI=1S/C26H33NO6/c1-18-8-12-26(13-9-18,25(30)31)27-24(29)21-6-7-22(32-2)23(17-21)33-15-11-20-5-3-4-19(16-20)10-14-28/h3-7,16-18,28H,8-15H2,1-2H3,(H,27,29)(H,30,31). The summed E-state index contributed by atoms with van der Waals surface area (Å²) in [6.45, 7) is 2.58. The van der Waals surface area contributed by atoms with Crippen LogP contribution in [0.1, 0.15) is 54.1 Å². The molecule has 2 aromatic carbocycles. The number of nitrogens with one attached hydrogen (secondary N) is 1. The first-order valence-corrected chi connectivity index (χ1v) is 11.4. The first kappa shape index (κ1) is 24.6. The molecule has 2 aromatic rings. The van der Waals surface area contributed by atoms with Crippen molar-refractivity contribution in [3.8, 4) is 11.5 Å². The third-order valence-electron chi connectivity index (χ3n) is 6.36. The Morgan fingerprint density at radius 3 is 2.39 bits per heavy atom. The van der Waals surface area contributed by atoms with Gasteiger partial charge >= 0.3 is 5.97 Å². The second-order valence-electron chi connectivity index (χ2n) is 8.78. The van der Waals surface area contributed by atoms with Crippen LogP contribution in [0.5, 0.6) is 11.5 Å². The van der Waals surface area contributed by atoms with Crippen LogP contribution in [-0.2, 0) is 17.6 Å². The number of ether oxygens (including phenoxy) is 2. The largest absolute Gasteiger partial charge is 0.493 e. The molecule has 0 bridgehead atoms. The van der Waals surface area contributed by atoms with Crippen molar-refractivity contribution in [2.24, 2.45) is 5.92 Å². The number of hydrogen-bond donors (Lipinski definition) is 3. The SMILES string of the molecule is COc1ccc(C(=O)NC2(C(=O)O)CCC(C)CC2)cc1OCCc1cccc(CCO)c1. The number of amides is 1. The van der Waals surface area contributed by atoms with Gasteiger partial charge in [-0.05, 0) is 67.3 Å². The van der Waals surface area contributed by atoms with E-state index in [4.69, 9.17) is 14.6 Å². The number of aliphatic carboxylic acids is 1.